The van der Waals surface area contributed by atoms with Crippen LogP contribution in [-0.4, -0.2) is 73.4 Å². The molecule has 23 heavy (non-hydrogen) atoms. The van der Waals surface area contributed by atoms with E-state index in [1.807, 2.05) is 0 Å². The van der Waals surface area contributed by atoms with E-state index in [0.717, 1.165) is 25.2 Å². The summed E-state index contributed by atoms with van der Waals surface area (Å²) in [5.74, 6) is -1.97. The molecular formula is C16H22F2N2O3. The number of aliphatic hydroxyl groups excluding tert-OH is 1. The summed E-state index contributed by atoms with van der Waals surface area (Å²) in [6.45, 7) is 5.07. The number of morpholine rings is 1. The molecule has 5 nitrogen and oxygen atoms in total. The highest BCUT2D eigenvalue weighted by Crippen LogP contribution is 2.16. The van der Waals surface area contributed by atoms with E-state index in [1.165, 1.54) is 11.8 Å². The quantitative estimate of drug-likeness (QED) is 0.848. The third-order valence-electron chi connectivity index (χ3n) is 3.93. The van der Waals surface area contributed by atoms with Crippen LogP contribution in [0, 0.1) is 18.6 Å². The third kappa shape index (κ3) is 4.70. The van der Waals surface area contributed by atoms with Gasteiger partial charge in [0.15, 0.2) is 0 Å². The predicted octanol–water partition coefficient (Wildman–Crippen LogP) is 1.04. The number of ether oxygens (including phenoxy) is 1. The maximum Gasteiger partial charge on any atom is 0.257 e. The lowest BCUT2D eigenvalue weighted by Crippen LogP contribution is -2.44. The van der Waals surface area contributed by atoms with E-state index in [-0.39, 0.29) is 24.3 Å². The molecule has 1 aliphatic rings. The molecule has 7 heteroatoms. The highest BCUT2D eigenvalue weighted by Gasteiger charge is 2.21. The van der Waals surface area contributed by atoms with Crippen molar-refractivity contribution in [2.75, 3.05) is 52.5 Å². The number of amides is 1. The van der Waals surface area contributed by atoms with E-state index in [4.69, 9.17) is 9.84 Å². The van der Waals surface area contributed by atoms with Crippen LogP contribution in [-0.2, 0) is 4.74 Å². The number of aryl methyl sites for hydroxylation is 1. The van der Waals surface area contributed by atoms with Gasteiger partial charge in [-0.1, -0.05) is 0 Å². The van der Waals surface area contributed by atoms with Crippen molar-refractivity contribution < 1.29 is 23.4 Å². The molecule has 1 saturated heterocycles. The molecule has 1 amide bonds. The zero-order valence-electron chi connectivity index (χ0n) is 13.2. The standard InChI is InChI=1S/C16H22F2N2O3/c1-12-10-15(18)13(11-14(12)17)16(22)20(4-7-21)3-2-19-5-8-23-9-6-19/h10-11,21H,2-9H2,1H3. The highest BCUT2D eigenvalue weighted by molar-refractivity contribution is 5.94. The molecule has 0 aromatic heterocycles. The molecule has 2 rings (SSSR count). The van der Waals surface area contributed by atoms with Crippen LogP contribution in [0.3, 0.4) is 0 Å². The minimum Gasteiger partial charge on any atom is -0.395 e. The van der Waals surface area contributed by atoms with E-state index < -0.39 is 17.5 Å². The summed E-state index contributed by atoms with van der Waals surface area (Å²) in [5.41, 5.74) is -0.149. The summed E-state index contributed by atoms with van der Waals surface area (Å²) in [6.07, 6.45) is 0. The Hall–Kier alpha value is -1.57. The molecule has 0 bridgehead atoms. The van der Waals surface area contributed by atoms with Gasteiger partial charge in [0.1, 0.15) is 11.6 Å². The minimum atomic E-state index is -0.747. The van der Waals surface area contributed by atoms with Crippen LogP contribution in [0.2, 0.25) is 0 Å². The van der Waals surface area contributed by atoms with E-state index >= 15 is 0 Å². The number of carbonyl (C=O) groups is 1. The number of halogens is 2. The van der Waals surface area contributed by atoms with E-state index in [2.05, 4.69) is 4.90 Å². The number of hydrogen-bond donors (Lipinski definition) is 1. The van der Waals surface area contributed by atoms with Gasteiger partial charge in [0, 0.05) is 32.7 Å². The van der Waals surface area contributed by atoms with Gasteiger partial charge in [-0.25, -0.2) is 8.78 Å². The molecule has 0 radical (unpaired) electrons. The lowest BCUT2D eigenvalue weighted by atomic mass is 10.1. The molecule has 1 fully saturated rings. The van der Waals surface area contributed by atoms with Crippen molar-refractivity contribution in [3.8, 4) is 0 Å². The first kappa shape index (κ1) is 17.8. The fraction of sp³-hybridized carbons (Fsp3) is 0.562. The summed E-state index contributed by atoms with van der Waals surface area (Å²) in [4.78, 5) is 15.9. The number of hydrogen-bond acceptors (Lipinski definition) is 4. The van der Waals surface area contributed by atoms with Gasteiger partial charge in [0.05, 0.1) is 25.4 Å². The zero-order chi connectivity index (χ0) is 16.8. The zero-order valence-corrected chi connectivity index (χ0v) is 13.2. The molecule has 1 N–H and O–H groups in total. The van der Waals surface area contributed by atoms with Crippen LogP contribution in [0.25, 0.3) is 0 Å². The largest absolute Gasteiger partial charge is 0.395 e. The monoisotopic (exact) mass is 328 g/mol. The number of rotatable bonds is 6. The van der Waals surface area contributed by atoms with Crippen LogP contribution in [0.5, 0.6) is 0 Å². The molecule has 1 heterocycles. The van der Waals surface area contributed by atoms with Gasteiger partial charge >= 0.3 is 0 Å². The summed E-state index contributed by atoms with van der Waals surface area (Å²) in [7, 11) is 0. The lowest BCUT2D eigenvalue weighted by molar-refractivity contribution is 0.0314. The molecule has 1 aliphatic heterocycles. The number of benzene rings is 1. The van der Waals surface area contributed by atoms with Gasteiger partial charge < -0.3 is 14.7 Å². The first-order chi connectivity index (χ1) is 11.0. The van der Waals surface area contributed by atoms with E-state index in [0.29, 0.717) is 26.3 Å². The van der Waals surface area contributed by atoms with Crippen molar-refractivity contribution in [3.63, 3.8) is 0 Å². The molecule has 0 spiro atoms. The van der Waals surface area contributed by atoms with Crippen molar-refractivity contribution >= 4 is 5.91 Å². The topological polar surface area (TPSA) is 53.0 Å². The number of carbonyl (C=O) groups excluding carboxylic acids is 1. The molecular weight excluding hydrogens is 306 g/mol. The Morgan fingerprint density at radius 3 is 2.61 bits per heavy atom. The van der Waals surface area contributed by atoms with Crippen molar-refractivity contribution in [3.05, 3.63) is 34.9 Å². The normalized spacial score (nSPS) is 15.7. The molecule has 1 aromatic carbocycles. The molecule has 0 saturated carbocycles. The van der Waals surface area contributed by atoms with Gasteiger partial charge in [-0.2, -0.15) is 0 Å². The molecule has 0 atom stereocenters. The van der Waals surface area contributed by atoms with Crippen LogP contribution in [0.1, 0.15) is 15.9 Å². The van der Waals surface area contributed by atoms with Gasteiger partial charge in [0.25, 0.3) is 5.91 Å². The average molecular weight is 328 g/mol. The second-order valence-electron chi connectivity index (χ2n) is 5.55. The van der Waals surface area contributed by atoms with Crippen LogP contribution < -0.4 is 0 Å². The molecule has 1 aromatic rings. The summed E-state index contributed by atoms with van der Waals surface area (Å²) in [5, 5.41) is 9.14. The number of nitrogens with zero attached hydrogens (tertiary/aromatic N) is 2. The average Bonchev–Trinajstić information content (AvgIpc) is 2.55. The third-order valence-corrected chi connectivity index (χ3v) is 3.93. The second-order valence-corrected chi connectivity index (χ2v) is 5.55. The lowest BCUT2D eigenvalue weighted by Gasteiger charge is -2.30. The van der Waals surface area contributed by atoms with Crippen LogP contribution in [0.15, 0.2) is 12.1 Å². The smallest absolute Gasteiger partial charge is 0.257 e. The van der Waals surface area contributed by atoms with Crippen LogP contribution >= 0.6 is 0 Å². The van der Waals surface area contributed by atoms with Gasteiger partial charge in [0.2, 0.25) is 0 Å². The van der Waals surface area contributed by atoms with E-state index in [1.54, 1.807) is 0 Å². The maximum absolute atomic E-state index is 14.0. The van der Waals surface area contributed by atoms with Crippen molar-refractivity contribution in [1.82, 2.24) is 9.80 Å². The summed E-state index contributed by atoms with van der Waals surface area (Å²) < 4.78 is 32.9. The first-order valence-electron chi connectivity index (χ1n) is 7.69. The van der Waals surface area contributed by atoms with Gasteiger partial charge in [-0.05, 0) is 24.6 Å². The summed E-state index contributed by atoms with van der Waals surface area (Å²) >= 11 is 0. The molecule has 128 valence electrons. The Kier molecular flexibility index (Phi) is 6.44. The highest BCUT2D eigenvalue weighted by atomic mass is 19.1. The first-order valence-corrected chi connectivity index (χ1v) is 7.69. The maximum atomic E-state index is 14.0. The summed E-state index contributed by atoms with van der Waals surface area (Å²) in [6, 6.07) is 1.94. The number of aliphatic hydroxyl groups is 1. The van der Waals surface area contributed by atoms with Gasteiger partial charge in [-0.3, -0.25) is 9.69 Å². The Labute approximate surface area is 134 Å². The molecule has 0 unspecified atom stereocenters. The fourth-order valence-corrected chi connectivity index (χ4v) is 2.50. The molecule has 0 aliphatic carbocycles. The van der Waals surface area contributed by atoms with Crippen molar-refractivity contribution in [1.29, 1.82) is 0 Å². The Bertz CT molecular complexity index is 548. The minimum absolute atomic E-state index is 0.0815. The SMILES string of the molecule is Cc1cc(F)c(C(=O)N(CCO)CCN2CCOCC2)cc1F. The fourth-order valence-electron chi connectivity index (χ4n) is 2.50. The van der Waals surface area contributed by atoms with Crippen molar-refractivity contribution in [2.45, 2.75) is 6.92 Å². The Balaban J connectivity index is 2.06. The second kappa shape index (κ2) is 8.33. The van der Waals surface area contributed by atoms with Crippen LogP contribution in [0.4, 0.5) is 8.78 Å². The Morgan fingerprint density at radius 2 is 1.96 bits per heavy atom. The van der Waals surface area contributed by atoms with E-state index in [9.17, 15) is 13.6 Å². The van der Waals surface area contributed by atoms with Crippen molar-refractivity contribution in [2.24, 2.45) is 0 Å². The predicted molar refractivity (Wildman–Crippen MR) is 81.3 cm³/mol. The van der Waals surface area contributed by atoms with Gasteiger partial charge in [-0.15, -0.1) is 0 Å². The Morgan fingerprint density at radius 1 is 1.26 bits per heavy atom.